The molecule has 1 aliphatic heterocycles. The Morgan fingerprint density at radius 1 is 1.11 bits per heavy atom. The van der Waals surface area contributed by atoms with Crippen LogP contribution in [0, 0.1) is 11.7 Å². The van der Waals surface area contributed by atoms with Gasteiger partial charge in [-0.05, 0) is 61.4 Å². The zero-order valence-electron chi connectivity index (χ0n) is 20.6. The van der Waals surface area contributed by atoms with E-state index in [0.29, 0.717) is 47.8 Å². The quantitative estimate of drug-likeness (QED) is 0.274. The van der Waals surface area contributed by atoms with E-state index in [1.807, 2.05) is 23.1 Å². The third-order valence-electron chi connectivity index (χ3n) is 7.10. The summed E-state index contributed by atoms with van der Waals surface area (Å²) in [5.74, 6) is 1.88. The van der Waals surface area contributed by atoms with Gasteiger partial charge in [0.2, 0.25) is 5.91 Å². The van der Waals surface area contributed by atoms with Crippen molar-refractivity contribution in [2.24, 2.45) is 5.92 Å². The molecule has 1 aromatic heterocycles. The van der Waals surface area contributed by atoms with Gasteiger partial charge in [-0.2, -0.15) is 0 Å². The standard InChI is InChI=1S/C28H31FN2O4S/c1-18-3-7-22(8-4-18)36-35-24-10-5-19(15-26(24)33-2)16-27(32)31-13-11-20(12-14-31)28-23-9-6-21(29)17-25(23)34-30-28/h3,5-7,9-10,15,17-18,20,22H,4,8,11-14,16H2,1-2H3. The third-order valence-corrected chi connectivity index (χ3v) is 8.02. The molecule has 5 rings (SSSR count). The highest BCUT2D eigenvalue weighted by Gasteiger charge is 2.27. The zero-order valence-corrected chi connectivity index (χ0v) is 21.4. The molecule has 0 saturated carbocycles. The number of aromatic nitrogens is 1. The molecule has 3 aromatic rings. The smallest absolute Gasteiger partial charge is 0.226 e. The van der Waals surface area contributed by atoms with Crippen LogP contribution >= 0.6 is 12.0 Å². The second-order valence-electron chi connectivity index (χ2n) is 9.68. The molecule has 0 bridgehead atoms. The van der Waals surface area contributed by atoms with Crippen molar-refractivity contribution in [2.75, 3.05) is 20.2 Å². The number of allylic oxidation sites excluding steroid dienone is 1. The number of nitrogens with zero attached hydrogens (tertiary/aromatic N) is 2. The number of methoxy groups -OCH3 is 1. The number of carbonyl (C=O) groups is 1. The molecule has 1 aliphatic carbocycles. The van der Waals surface area contributed by atoms with Gasteiger partial charge in [0.05, 0.1) is 36.5 Å². The molecule has 2 atom stereocenters. The number of hydrogen-bond acceptors (Lipinski definition) is 6. The topological polar surface area (TPSA) is 64.8 Å². The number of benzene rings is 2. The highest BCUT2D eigenvalue weighted by molar-refractivity contribution is 7.95. The minimum atomic E-state index is -0.336. The summed E-state index contributed by atoms with van der Waals surface area (Å²) in [5, 5.41) is 5.39. The normalized spacial score (nSPS) is 20.6. The molecule has 8 heteroatoms. The Hall–Kier alpha value is -3.00. The molecule has 2 aliphatic rings. The van der Waals surface area contributed by atoms with Crippen LogP contribution in [0.5, 0.6) is 11.5 Å². The average molecular weight is 511 g/mol. The molecule has 0 N–H and O–H groups in total. The Kier molecular flexibility index (Phi) is 7.51. The van der Waals surface area contributed by atoms with Crippen LogP contribution in [0.2, 0.25) is 0 Å². The molecule has 36 heavy (non-hydrogen) atoms. The Labute approximate surface area is 215 Å². The highest BCUT2D eigenvalue weighted by Crippen LogP contribution is 2.35. The molecule has 1 fully saturated rings. The molecule has 1 amide bonds. The fourth-order valence-electron chi connectivity index (χ4n) is 4.93. The van der Waals surface area contributed by atoms with Crippen LogP contribution in [-0.2, 0) is 11.2 Å². The molecule has 2 aromatic carbocycles. The maximum absolute atomic E-state index is 13.5. The van der Waals surface area contributed by atoms with E-state index in [-0.39, 0.29) is 17.6 Å². The first kappa shape index (κ1) is 24.7. The van der Waals surface area contributed by atoms with Gasteiger partial charge in [0, 0.05) is 30.5 Å². The van der Waals surface area contributed by atoms with Gasteiger partial charge in [0.1, 0.15) is 5.82 Å². The van der Waals surface area contributed by atoms with Crippen molar-refractivity contribution < 1.29 is 22.6 Å². The summed E-state index contributed by atoms with van der Waals surface area (Å²) in [6.07, 6.45) is 8.63. The number of hydrogen-bond donors (Lipinski definition) is 0. The van der Waals surface area contributed by atoms with Crippen molar-refractivity contribution in [1.82, 2.24) is 10.1 Å². The Balaban J connectivity index is 1.16. The molecule has 2 heterocycles. The molecule has 190 valence electrons. The first-order valence-corrected chi connectivity index (χ1v) is 13.3. The van der Waals surface area contributed by atoms with Gasteiger partial charge in [-0.1, -0.05) is 30.3 Å². The van der Waals surface area contributed by atoms with Gasteiger partial charge in [-0.3, -0.25) is 4.79 Å². The monoisotopic (exact) mass is 510 g/mol. The van der Waals surface area contributed by atoms with E-state index in [2.05, 4.69) is 24.2 Å². The summed E-state index contributed by atoms with van der Waals surface area (Å²) in [6.45, 7) is 3.54. The summed E-state index contributed by atoms with van der Waals surface area (Å²) >= 11 is 1.45. The van der Waals surface area contributed by atoms with E-state index >= 15 is 0 Å². The second kappa shape index (κ2) is 10.9. The maximum atomic E-state index is 13.5. The van der Waals surface area contributed by atoms with Crippen molar-refractivity contribution in [2.45, 2.75) is 50.2 Å². The highest BCUT2D eigenvalue weighted by atomic mass is 32.2. The maximum Gasteiger partial charge on any atom is 0.226 e. The summed E-state index contributed by atoms with van der Waals surface area (Å²) in [6, 6.07) is 10.2. The van der Waals surface area contributed by atoms with Gasteiger partial charge >= 0.3 is 0 Å². The van der Waals surface area contributed by atoms with Gasteiger partial charge in [0.25, 0.3) is 0 Å². The summed E-state index contributed by atoms with van der Waals surface area (Å²) in [5.41, 5.74) is 2.22. The van der Waals surface area contributed by atoms with E-state index in [1.54, 1.807) is 13.2 Å². The summed E-state index contributed by atoms with van der Waals surface area (Å²) in [4.78, 5) is 14.9. The number of fused-ring (bicyclic) bond motifs is 1. The van der Waals surface area contributed by atoms with Crippen LogP contribution < -0.4 is 8.92 Å². The Bertz CT molecular complexity index is 1250. The number of halogens is 1. The van der Waals surface area contributed by atoms with Gasteiger partial charge in [-0.15, -0.1) is 0 Å². The van der Waals surface area contributed by atoms with Crippen LogP contribution in [0.4, 0.5) is 4.39 Å². The fourth-order valence-corrected chi connectivity index (χ4v) is 5.68. The van der Waals surface area contributed by atoms with Crippen LogP contribution in [0.1, 0.15) is 49.8 Å². The number of piperidine rings is 1. The van der Waals surface area contributed by atoms with Gasteiger partial charge < -0.3 is 18.3 Å². The van der Waals surface area contributed by atoms with Crippen molar-refractivity contribution in [3.05, 3.63) is 65.6 Å². The second-order valence-corrected chi connectivity index (χ2v) is 10.6. The van der Waals surface area contributed by atoms with Gasteiger partial charge in [-0.25, -0.2) is 4.39 Å². The number of likely N-dealkylation sites (tertiary alicyclic amines) is 1. The van der Waals surface area contributed by atoms with Gasteiger partial charge in [0.15, 0.2) is 17.1 Å². The van der Waals surface area contributed by atoms with Crippen molar-refractivity contribution >= 4 is 28.9 Å². The number of rotatable bonds is 7. The lowest BCUT2D eigenvalue weighted by Gasteiger charge is -2.31. The van der Waals surface area contributed by atoms with Crippen LogP contribution in [0.3, 0.4) is 0 Å². The van der Waals surface area contributed by atoms with Crippen LogP contribution in [0.25, 0.3) is 11.0 Å². The molecule has 0 spiro atoms. The van der Waals surface area contributed by atoms with E-state index in [0.717, 1.165) is 35.9 Å². The van der Waals surface area contributed by atoms with E-state index in [1.165, 1.54) is 30.6 Å². The zero-order chi connectivity index (χ0) is 25.1. The first-order valence-electron chi connectivity index (χ1n) is 12.5. The van der Waals surface area contributed by atoms with Crippen molar-refractivity contribution in [3.63, 3.8) is 0 Å². The molecule has 2 unspecified atom stereocenters. The lowest BCUT2D eigenvalue weighted by molar-refractivity contribution is -0.131. The van der Waals surface area contributed by atoms with E-state index in [4.69, 9.17) is 13.4 Å². The minimum Gasteiger partial charge on any atom is -0.493 e. The lowest BCUT2D eigenvalue weighted by Crippen LogP contribution is -2.38. The largest absolute Gasteiger partial charge is 0.493 e. The van der Waals surface area contributed by atoms with E-state index in [9.17, 15) is 9.18 Å². The molecule has 0 radical (unpaired) electrons. The third kappa shape index (κ3) is 5.53. The number of carbonyl (C=O) groups excluding carboxylic acids is 1. The average Bonchev–Trinajstić information content (AvgIpc) is 3.31. The number of ether oxygens (including phenoxy) is 1. The minimum absolute atomic E-state index is 0.0899. The van der Waals surface area contributed by atoms with Crippen molar-refractivity contribution in [1.29, 1.82) is 0 Å². The Morgan fingerprint density at radius 3 is 2.69 bits per heavy atom. The SMILES string of the molecule is COc1cc(CC(=O)N2CCC(c3noc4cc(F)ccc34)CC2)ccc1OSC1C=CC(C)CC1. The fraction of sp³-hybridized carbons (Fsp3) is 0.429. The molecular weight excluding hydrogens is 479 g/mol. The Morgan fingerprint density at radius 2 is 1.94 bits per heavy atom. The molecular formula is C28H31FN2O4S. The predicted molar refractivity (Wildman–Crippen MR) is 139 cm³/mol. The number of amides is 1. The van der Waals surface area contributed by atoms with E-state index < -0.39 is 0 Å². The lowest BCUT2D eigenvalue weighted by atomic mass is 9.91. The predicted octanol–water partition coefficient (Wildman–Crippen LogP) is 6.31. The molecule has 6 nitrogen and oxygen atoms in total. The summed E-state index contributed by atoms with van der Waals surface area (Å²) < 4.78 is 30.3. The van der Waals surface area contributed by atoms with Crippen LogP contribution in [0.15, 0.2) is 53.1 Å². The first-order chi connectivity index (χ1) is 17.5. The summed E-state index contributed by atoms with van der Waals surface area (Å²) in [7, 11) is 1.62. The molecule has 1 saturated heterocycles. The van der Waals surface area contributed by atoms with Crippen molar-refractivity contribution in [3.8, 4) is 11.5 Å². The van der Waals surface area contributed by atoms with Crippen LogP contribution in [-0.4, -0.2) is 41.4 Å².